The molecule has 0 aliphatic rings. The van der Waals surface area contributed by atoms with Crippen LogP contribution < -0.4 is 0 Å². The molecule has 0 spiro atoms. The van der Waals surface area contributed by atoms with Crippen LogP contribution in [0.3, 0.4) is 0 Å². The maximum absolute atomic E-state index is 6.60. The lowest BCUT2D eigenvalue weighted by atomic mass is 9.92. The van der Waals surface area contributed by atoms with E-state index < -0.39 is 0 Å². The first-order valence-electron chi connectivity index (χ1n) is 13.1. The number of hydrogen-bond donors (Lipinski definition) is 0. The predicted octanol–water partition coefficient (Wildman–Crippen LogP) is 10.7. The molecule has 7 aromatic carbocycles. The van der Waals surface area contributed by atoms with Gasteiger partial charge in [-0.2, -0.15) is 0 Å². The Morgan fingerprint density at radius 3 is 1.76 bits per heavy atom. The van der Waals surface area contributed by atoms with Crippen LogP contribution in [-0.4, -0.2) is 0 Å². The second kappa shape index (κ2) is 8.06. The Balaban J connectivity index is 1.32. The summed E-state index contributed by atoms with van der Waals surface area (Å²) in [7, 11) is 0. The molecule has 8 aromatic rings. The van der Waals surface area contributed by atoms with E-state index in [0.717, 1.165) is 22.3 Å². The summed E-state index contributed by atoms with van der Waals surface area (Å²) < 4.78 is 6.60. The lowest BCUT2D eigenvalue weighted by Crippen LogP contribution is -1.85. The molecule has 0 bridgehead atoms. The van der Waals surface area contributed by atoms with Gasteiger partial charge in [0.25, 0.3) is 0 Å². The minimum atomic E-state index is 0.950. The zero-order chi connectivity index (χ0) is 25.2. The maximum atomic E-state index is 6.60. The van der Waals surface area contributed by atoms with Crippen LogP contribution >= 0.6 is 0 Å². The SMILES string of the molecule is Cc1cc2ccccc2c2c1oc1c(-c3ccc(-c4cc5ccccc5c5ccccc45)cc3)cccc12. The van der Waals surface area contributed by atoms with Gasteiger partial charge in [0.05, 0.1) is 0 Å². The Bertz CT molecular complexity index is 2180. The Labute approximate surface area is 220 Å². The second-order valence-electron chi connectivity index (χ2n) is 10.2. The molecule has 0 radical (unpaired) electrons. The molecular weight excluding hydrogens is 460 g/mol. The molecule has 1 aromatic heterocycles. The zero-order valence-electron chi connectivity index (χ0n) is 21.0. The number of fused-ring (bicyclic) bond motifs is 8. The number of furan rings is 1. The highest BCUT2D eigenvalue weighted by molar-refractivity contribution is 6.21. The van der Waals surface area contributed by atoms with E-state index in [2.05, 4.69) is 134 Å². The summed E-state index contributed by atoms with van der Waals surface area (Å²) in [6.07, 6.45) is 0. The molecule has 0 N–H and O–H groups in total. The van der Waals surface area contributed by atoms with Crippen molar-refractivity contribution in [1.82, 2.24) is 0 Å². The molecular formula is C37H24O. The molecule has 38 heavy (non-hydrogen) atoms. The van der Waals surface area contributed by atoms with Crippen molar-refractivity contribution >= 4 is 54.3 Å². The summed E-state index contributed by atoms with van der Waals surface area (Å²) in [6, 6.07) is 45.9. The van der Waals surface area contributed by atoms with Crippen molar-refractivity contribution in [2.24, 2.45) is 0 Å². The topological polar surface area (TPSA) is 13.1 Å². The van der Waals surface area contributed by atoms with E-state index in [1.54, 1.807) is 0 Å². The van der Waals surface area contributed by atoms with E-state index in [4.69, 9.17) is 4.42 Å². The zero-order valence-corrected chi connectivity index (χ0v) is 21.0. The van der Waals surface area contributed by atoms with Crippen LogP contribution in [-0.2, 0) is 0 Å². The number of benzene rings is 7. The summed E-state index contributed by atoms with van der Waals surface area (Å²) in [5.41, 5.74) is 7.85. The van der Waals surface area contributed by atoms with Crippen LogP contribution in [0.5, 0.6) is 0 Å². The van der Waals surface area contributed by atoms with E-state index in [0.29, 0.717) is 0 Å². The van der Waals surface area contributed by atoms with Crippen LogP contribution in [0.2, 0.25) is 0 Å². The summed E-state index contributed by atoms with van der Waals surface area (Å²) in [5, 5.41) is 9.99. The highest BCUT2D eigenvalue weighted by Gasteiger charge is 2.16. The smallest absolute Gasteiger partial charge is 0.143 e. The summed E-state index contributed by atoms with van der Waals surface area (Å²) in [5.74, 6) is 0. The van der Waals surface area contributed by atoms with Crippen LogP contribution in [0.1, 0.15) is 5.56 Å². The van der Waals surface area contributed by atoms with Crippen molar-refractivity contribution in [3.05, 3.63) is 133 Å². The maximum Gasteiger partial charge on any atom is 0.143 e. The molecule has 0 unspecified atom stereocenters. The fraction of sp³-hybridized carbons (Fsp3) is 0.0270. The molecule has 0 saturated heterocycles. The fourth-order valence-electron chi connectivity index (χ4n) is 6.16. The van der Waals surface area contributed by atoms with E-state index in [1.807, 2.05) is 0 Å². The number of aryl methyl sites for hydroxylation is 1. The van der Waals surface area contributed by atoms with Gasteiger partial charge in [0.2, 0.25) is 0 Å². The Morgan fingerprint density at radius 1 is 0.421 bits per heavy atom. The third kappa shape index (κ3) is 3.06. The third-order valence-electron chi connectivity index (χ3n) is 7.95. The number of rotatable bonds is 2. The first kappa shape index (κ1) is 21.2. The molecule has 0 amide bonds. The highest BCUT2D eigenvalue weighted by atomic mass is 16.3. The standard InChI is InChI=1S/C37H24O/c1-23-21-26-9-3-5-12-29(26)35-33-16-8-15-30(37(33)38-36(23)35)24-17-19-25(20-18-24)34-22-27-10-2-4-11-28(27)31-13-6-7-14-32(31)34/h2-22H,1H3. The van der Waals surface area contributed by atoms with Gasteiger partial charge in [0.1, 0.15) is 11.2 Å². The predicted molar refractivity (Wildman–Crippen MR) is 162 cm³/mol. The minimum absolute atomic E-state index is 0.950. The Morgan fingerprint density at radius 2 is 1.00 bits per heavy atom. The van der Waals surface area contributed by atoms with E-state index in [1.165, 1.54) is 59.8 Å². The van der Waals surface area contributed by atoms with Gasteiger partial charge in [-0.3, -0.25) is 0 Å². The highest BCUT2D eigenvalue weighted by Crippen LogP contribution is 2.41. The summed E-state index contributed by atoms with van der Waals surface area (Å²) in [6.45, 7) is 2.14. The van der Waals surface area contributed by atoms with Crippen molar-refractivity contribution < 1.29 is 4.42 Å². The fourth-order valence-corrected chi connectivity index (χ4v) is 6.16. The second-order valence-corrected chi connectivity index (χ2v) is 10.2. The van der Waals surface area contributed by atoms with Gasteiger partial charge in [-0.25, -0.2) is 0 Å². The van der Waals surface area contributed by atoms with Crippen LogP contribution in [0.4, 0.5) is 0 Å². The van der Waals surface area contributed by atoms with E-state index >= 15 is 0 Å². The van der Waals surface area contributed by atoms with Crippen molar-refractivity contribution in [1.29, 1.82) is 0 Å². The van der Waals surface area contributed by atoms with Crippen molar-refractivity contribution in [3.63, 3.8) is 0 Å². The first-order valence-corrected chi connectivity index (χ1v) is 13.1. The van der Waals surface area contributed by atoms with Crippen LogP contribution in [0.25, 0.3) is 76.5 Å². The molecule has 0 aliphatic carbocycles. The number of hydrogen-bond acceptors (Lipinski definition) is 1. The quantitative estimate of drug-likeness (QED) is 0.222. The summed E-state index contributed by atoms with van der Waals surface area (Å²) in [4.78, 5) is 0. The van der Waals surface area contributed by atoms with Gasteiger partial charge in [-0.15, -0.1) is 0 Å². The molecule has 0 fully saturated rings. The molecule has 0 saturated carbocycles. The van der Waals surface area contributed by atoms with Crippen molar-refractivity contribution in [2.45, 2.75) is 6.92 Å². The van der Waals surface area contributed by atoms with Crippen LogP contribution in [0.15, 0.2) is 132 Å². The van der Waals surface area contributed by atoms with Gasteiger partial charge in [-0.05, 0) is 73.6 Å². The first-order chi connectivity index (χ1) is 18.8. The normalized spacial score (nSPS) is 11.8. The van der Waals surface area contributed by atoms with Crippen molar-refractivity contribution in [3.8, 4) is 22.3 Å². The van der Waals surface area contributed by atoms with Gasteiger partial charge < -0.3 is 4.42 Å². The van der Waals surface area contributed by atoms with Crippen molar-refractivity contribution in [2.75, 3.05) is 0 Å². The molecule has 178 valence electrons. The van der Waals surface area contributed by atoms with Gasteiger partial charge >= 0.3 is 0 Å². The average Bonchev–Trinajstić information content (AvgIpc) is 3.38. The number of para-hydroxylation sites is 1. The Hall–Kier alpha value is -4.88. The molecule has 0 aliphatic heterocycles. The molecule has 1 heterocycles. The average molecular weight is 485 g/mol. The molecule has 0 atom stereocenters. The minimum Gasteiger partial charge on any atom is -0.455 e. The lowest BCUT2D eigenvalue weighted by molar-refractivity contribution is 0.667. The summed E-state index contributed by atoms with van der Waals surface area (Å²) >= 11 is 0. The van der Waals surface area contributed by atoms with Gasteiger partial charge in [-0.1, -0.05) is 115 Å². The largest absolute Gasteiger partial charge is 0.455 e. The van der Waals surface area contributed by atoms with E-state index in [-0.39, 0.29) is 0 Å². The molecule has 1 heteroatoms. The third-order valence-corrected chi connectivity index (χ3v) is 7.95. The van der Waals surface area contributed by atoms with Gasteiger partial charge in [0, 0.05) is 16.3 Å². The lowest BCUT2D eigenvalue weighted by Gasteiger charge is -2.12. The monoisotopic (exact) mass is 484 g/mol. The Kier molecular flexibility index (Phi) is 4.50. The van der Waals surface area contributed by atoms with Gasteiger partial charge in [0.15, 0.2) is 0 Å². The molecule has 1 nitrogen and oxygen atoms in total. The van der Waals surface area contributed by atoms with E-state index in [9.17, 15) is 0 Å². The molecule has 8 rings (SSSR count). The van der Waals surface area contributed by atoms with Crippen LogP contribution in [0, 0.1) is 6.92 Å².